The number of aldehydes is 1. The topological polar surface area (TPSA) is 74.0 Å². The van der Waals surface area contributed by atoms with Crippen LogP contribution >= 0.6 is 0 Å². The van der Waals surface area contributed by atoms with E-state index in [1.54, 1.807) is 12.1 Å². The molecule has 0 unspecified atom stereocenters. The van der Waals surface area contributed by atoms with Gasteiger partial charge in [-0.2, -0.15) is 0 Å². The molecular weight excluding hydrogens is 456 g/mol. The van der Waals surface area contributed by atoms with E-state index in [0.717, 1.165) is 73.6 Å². The molecule has 0 atom stereocenters. The number of methoxy groups -OCH3 is 1. The van der Waals surface area contributed by atoms with Gasteiger partial charge in [0.15, 0.2) is 11.9 Å². The normalized spacial score (nSPS) is 14.2. The molecule has 1 fully saturated rings. The van der Waals surface area contributed by atoms with Crippen LogP contribution < -0.4 is 9.47 Å². The molecule has 7 nitrogen and oxygen atoms in total. The Labute approximate surface area is 210 Å². The lowest BCUT2D eigenvalue weighted by molar-refractivity contribution is 0.0358. The highest BCUT2D eigenvalue weighted by atomic mass is 16.5. The molecule has 1 saturated heterocycles. The number of aromatic nitrogens is 1. The second-order valence-electron chi connectivity index (χ2n) is 8.86. The van der Waals surface area contributed by atoms with Crippen molar-refractivity contribution in [2.24, 2.45) is 0 Å². The monoisotopic (exact) mass is 486 g/mol. The highest BCUT2D eigenvalue weighted by Crippen LogP contribution is 2.35. The van der Waals surface area contributed by atoms with E-state index in [2.05, 4.69) is 35.0 Å². The van der Waals surface area contributed by atoms with Gasteiger partial charge in [-0.25, -0.2) is 4.98 Å². The number of carbonyl (C=O) groups excluding carboxylic acids is 1. The lowest BCUT2D eigenvalue weighted by Crippen LogP contribution is -2.37. The summed E-state index contributed by atoms with van der Waals surface area (Å²) in [6.07, 6.45) is 1.74. The molecular formula is C29H30N2O5. The van der Waals surface area contributed by atoms with Crippen LogP contribution in [-0.2, 0) is 4.74 Å². The Bertz CT molecular complexity index is 1360. The third-order valence-corrected chi connectivity index (χ3v) is 6.57. The van der Waals surface area contributed by atoms with Crippen molar-refractivity contribution in [3.63, 3.8) is 0 Å². The Balaban J connectivity index is 1.34. The van der Waals surface area contributed by atoms with E-state index in [4.69, 9.17) is 18.6 Å². The predicted molar refractivity (Wildman–Crippen MR) is 139 cm³/mol. The molecule has 1 aromatic heterocycles. The number of rotatable bonds is 9. The summed E-state index contributed by atoms with van der Waals surface area (Å²) in [7, 11) is 1.53. The highest BCUT2D eigenvalue weighted by Gasteiger charge is 2.16. The molecule has 1 aliphatic rings. The van der Waals surface area contributed by atoms with Crippen LogP contribution in [0.25, 0.3) is 33.7 Å². The molecule has 0 aliphatic carbocycles. The lowest BCUT2D eigenvalue weighted by atomic mass is 9.96. The van der Waals surface area contributed by atoms with Gasteiger partial charge < -0.3 is 18.6 Å². The SMILES string of the molecule is COc1cc2oc(-c3cccc(-c4cccc(OCCCN5CCOCC5)c4)c3C)nc2cc1C=O. The zero-order valence-corrected chi connectivity index (χ0v) is 20.7. The van der Waals surface area contributed by atoms with Gasteiger partial charge in [-0.05, 0) is 54.3 Å². The standard InChI is InChI=1S/C29H30N2O5/c1-20-24(21-6-3-7-23(16-21)35-13-5-10-31-11-14-34-15-12-31)8-4-9-25(20)29-30-26-17-22(19-32)27(33-2)18-28(26)36-29/h3-4,6-9,16-19H,5,10-15H2,1-2H3. The number of nitrogens with zero attached hydrogens (tertiary/aromatic N) is 2. The number of morpholine rings is 1. The number of hydrogen-bond acceptors (Lipinski definition) is 7. The number of benzene rings is 3. The summed E-state index contributed by atoms with van der Waals surface area (Å²) in [4.78, 5) is 18.5. The van der Waals surface area contributed by atoms with Gasteiger partial charge in [0.2, 0.25) is 5.89 Å². The highest BCUT2D eigenvalue weighted by molar-refractivity contribution is 5.89. The molecule has 186 valence electrons. The summed E-state index contributed by atoms with van der Waals surface area (Å²) in [5.74, 6) is 1.83. The van der Waals surface area contributed by atoms with Gasteiger partial charge in [-0.3, -0.25) is 9.69 Å². The maximum absolute atomic E-state index is 11.4. The molecule has 0 N–H and O–H groups in total. The van der Waals surface area contributed by atoms with E-state index in [-0.39, 0.29) is 0 Å². The predicted octanol–water partition coefficient (Wildman–Crippen LogP) is 5.39. The first-order valence-electron chi connectivity index (χ1n) is 12.2. The lowest BCUT2D eigenvalue weighted by Gasteiger charge is -2.26. The summed E-state index contributed by atoms with van der Waals surface area (Å²) >= 11 is 0. The molecule has 7 heteroatoms. The van der Waals surface area contributed by atoms with E-state index < -0.39 is 0 Å². The Morgan fingerprint density at radius 1 is 1.06 bits per heavy atom. The van der Waals surface area contributed by atoms with Crippen LogP contribution in [0.1, 0.15) is 22.3 Å². The smallest absolute Gasteiger partial charge is 0.227 e. The minimum Gasteiger partial charge on any atom is -0.496 e. The molecule has 5 rings (SSSR count). The van der Waals surface area contributed by atoms with Crippen LogP contribution in [0.3, 0.4) is 0 Å². The van der Waals surface area contributed by atoms with Crippen molar-refractivity contribution in [1.82, 2.24) is 9.88 Å². The Morgan fingerprint density at radius 3 is 2.67 bits per heavy atom. The Kier molecular flexibility index (Phi) is 7.30. The molecule has 0 saturated carbocycles. The van der Waals surface area contributed by atoms with Gasteiger partial charge >= 0.3 is 0 Å². The zero-order valence-electron chi connectivity index (χ0n) is 20.7. The molecule has 4 aromatic rings. The maximum atomic E-state index is 11.4. The first kappa shape index (κ1) is 24.0. The van der Waals surface area contributed by atoms with Gasteiger partial charge in [0.25, 0.3) is 0 Å². The van der Waals surface area contributed by atoms with Crippen molar-refractivity contribution in [2.45, 2.75) is 13.3 Å². The largest absolute Gasteiger partial charge is 0.496 e. The average Bonchev–Trinajstić information content (AvgIpc) is 3.34. The van der Waals surface area contributed by atoms with Crippen LogP contribution in [-0.4, -0.2) is 62.7 Å². The van der Waals surface area contributed by atoms with Crippen molar-refractivity contribution in [1.29, 1.82) is 0 Å². The Hall–Kier alpha value is -3.68. The van der Waals surface area contributed by atoms with Crippen molar-refractivity contribution in [2.75, 3.05) is 46.6 Å². The number of fused-ring (bicyclic) bond motifs is 1. The molecule has 2 heterocycles. The van der Waals surface area contributed by atoms with Crippen LogP contribution in [0.4, 0.5) is 0 Å². The van der Waals surface area contributed by atoms with Crippen molar-refractivity contribution >= 4 is 17.4 Å². The molecule has 0 radical (unpaired) electrons. The van der Waals surface area contributed by atoms with Crippen molar-refractivity contribution in [3.05, 3.63) is 65.7 Å². The van der Waals surface area contributed by atoms with E-state index >= 15 is 0 Å². The third-order valence-electron chi connectivity index (χ3n) is 6.57. The minimum atomic E-state index is 0.442. The van der Waals surface area contributed by atoms with Crippen LogP contribution in [0.15, 0.2) is 59.0 Å². The summed E-state index contributed by atoms with van der Waals surface area (Å²) in [6, 6.07) is 17.7. The third kappa shape index (κ3) is 5.12. The van der Waals surface area contributed by atoms with Gasteiger partial charge in [0, 0.05) is 31.3 Å². The molecule has 3 aromatic carbocycles. The number of ether oxygens (including phenoxy) is 3. The van der Waals surface area contributed by atoms with Gasteiger partial charge in [-0.1, -0.05) is 24.3 Å². The number of hydrogen-bond donors (Lipinski definition) is 0. The second-order valence-corrected chi connectivity index (χ2v) is 8.86. The quantitative estimate of drug-likeness (QED) is 0.232. The summed E-state index contributed by atoms with van der Waals surface area (Å²) in [6.45, 7) is 7.39. The van der Waals surface area contributed by atoms with Crippen LogP contribution in [0, 0.1) is 6.92 Å². The van der Waals surface area contributed by atoms with Gasteiger partial charge in [0.1, 0.15) is 17.0 Å². The average molecular weight is 487 g/mol. The van der Waals surface area contributed by atoms with Crippen LogP contribution in [0.2, 0.25) is 0 Å². The zero-order chi connectivity index (χ0) is 24.9. The van der Waals surface area contributed by atoms with E-state index in [1.807, 2.05) is 24.3 Å². The fourth-order valence-electron chi connectivity index (χ4n) is 4.59. The first-order chi connectivity index (χ1) is 17.7. The second kappa shape index (κ2) is 10.9. The maximum Gasteiger partial charge on any atom is 0.227 e. The molecule has 0 amide bonds. The molecule has 36 heavy (non-hydrogen) atoms. The van der Waals surface area contributed by atoms with E-state index in [9.17, 15) is 4.79 Å². The fourth-order valence-corrected chi connectivity index (χ4v) is 4.59. The summed E-state index contributed by atoms with van der Waals surface area (Å²) < 4.78 is 22.8. The Morgan fingerprint density at radius 2 is 1.86 bits per heavy atom. The minimum absolute atomic E-state index is 0.442. The van der Waals surface area contributed by atoms with Crippen LogP contribution in [0.5, 0.6) is 11.5 Å². The molecule has 0 spiro atoms. The fraction of sp³-hybridized carbons (Fsp3) is 0.310. The number of carbonyl (C=O) groups is 1. The molecule has 0 bridgehead atoms. The molecule has 1 aliphatic heterocycles. The number of oxazole rings is 1. The first-order valence-corrected chi connectivity index (χ1v) is 12.2. The van der Waals surface area contributed by atoms with E-state index in [0.29, 0.717) is 34.9 Å². The van der Waals surface area contributed by atoms with Crippen molar-refractivity contribution < 1.29 is 23.4 Å². The van der Waals surface area contributed by atoms with E-state index in [1.165, 1.54) is 7.11 Å². The van der Waals surface area contributed by atoms with Crippen molar-refractivity contribution in [3.8, 4) is 34.1 Å². The van der Waals surface area contributed by atoms with Gasteiger partial charge in [-0.15, -0.1) is 0 Å². The summed E-state index contributed by atoms with van der Waals surface area (Å²) in [5, 5.41) is 0. The summed E-state index contributed by atoms with van der Waals surface area (Å²) in [5.41, 5.74) is 5.73. The van der Waals surface area contributed by atoms with Gasteiger partial charge in [0.05, 0.1) is 32.5 Å².